The van der Waals surface area contributed by atoms with Gasteiger partial charge in [-0.05, 0) is 48.9 Å². The van der Waals surface area contributed by atoms with Gasteiger partial charge < -0.3 is 15.4 Å². The summed E-state index contributed by atoms with van der Waals surface area (Å²) in [5.74, 6) is -1.13. The number of carbonyl (C=O) groups excluding carboxylic acids is 3. The number of hydrogen-bond donors (Lipinski definition) is 2. The molecule has 0 fully saturated rings. The monoisotopic (exact) mass is 406 g/mol. The second-order valence-corrected chi connectivity index (χ2v) is 7.05. The van der Waals surface area contributed by atoms with Crippen molar-refractivity contribution >= 4 is 52.5 Å². The van der Waals surface area contributed by atoms with Crippen LogP contribution < -0.4 is 10.6 Å². The highest BCUT2D eigenvalue weighted by Gasteiger charge is 2.10. The number of benzene rings is 2. The molecule has 0 radical (unpaired) electrons. The smallest absolute Gasteiger partial charge is 0.316 e. The third-order valence-electron chi connectivity index (χ3n) is 3.25. The summed E-state index contributed by atoms with van der Waals surface area (Å²) in [6.07, 6.45) is 0. The molecule has 2 aromatic rings. The molecular weight excluding hydrogens is 388 g/mol. The van der Waals surface area contributed by atoms with Crippen LogP contribution in [0.5, 0.6) is 0 Å². The standard InChI is InChI=1S/C19H19ClN2O4S/c1-13-3-2-4-16(9-13)22-18(24)11-27-12-19(25)26-10-17(23)21-15-7-5-14(20)6-8-15/h2-9H,10-12H2,1H3,(H,21,23)(H,22,24). The number of carbonyl (C=O) groups is 3. The average molecular weight is 407 g/mol. The Morgan fingerprint density at radius 3 is 2.37 bits per heavy atom. The molecule has 0 bridgehead atoms. The molecule has 0 atom stereocenters. The van der Waals surface area contributed by atoms with Gasteiger partial charge in [-0.3, -0.25) is 14.4 Å². The van der Waals surface area contributed by atoms with Crippen LogP contribution in [0, 0.1) is 6.92 Å². The zero-order valence-corrected chi connectivity index (χ0v) is 16.2. The number of aryl methyl sites for hydroxylation is 1. The molecule has 27 heavy (non-hydrogen) atoms. The first kappa shape index (κ1) is 20.8. The van der Waals surface area contributed by atoms with E-state index in [9.17, 15) is 14.4 Å². The Labute approximate surface area is 166 Å². The molecule has 2 aromatic carbocycles. The number of ether oxygens (including phenoxy) is 1. The summed E-state index contributed by atoms with van der Waals surface area (Å²) in [6, 6.07) is 14.0. The number of amides is 2. The zero-order valence-electron chi connectivity index (χ0n) is 14.7. The average Bonchev–Trinajstić information content (AvgIpc) is 2.62. The van der Waals surface area contributed by atoms with Gasteiger partial charge in [0.05, 0.1) is 11.5 Å². The van der Waals surface area contributed by atoms with Crippen molar-refractivity contribution in [3.8, 4) is 0 Å². The van der Waals surface area contributed by atoms with E-state index in [1.54, 1.807) is 30.3 Å². The quantitative estimate of drug-likeness (QED) is 0.655. The van der Waals surface area contributed by atoms with Crippen molar-refractivity contribution in [2.45, 2.75) is 6.92 Å². The van der Waals surface area contributed by atoms with Crippen LogP contribution in [0.2, 0.25) is 5.02 Å². The molecule has 0 heterocycles. The maximum atomic E-state index is 11.8. The summed E-state index contributed by atoms with van der Waals surface area (Å²) in [5, 5.41) is 5.90. The van der Waals surface area contributed by atoms with Gasteiger partial charge in [0.25, 0.3) is 5.91 Å². The van der Waals surface area contributed by atoms with E-state index < -0.39 is 18.5 Å². The van der Waals surface area contributed by atoms with Crippen molar-refractivity contribution in [3.63, 3.8) is 0 Å². The van der Waals surface area contributed by atoms with Gasteiger partial charge in [-0.2, -0.15) is 0 Å². The van der Waals surface area contributed by atoms with E-state index in [4.69, 9.17) is 16.3 Å². The van der Waals surface area contributed by atoms with Gasteiger partial charge in [0.1, 0.15) is 0 Å². The van der Waals surface area contributed by atoms with Crippen molar-refractivity contribution in [1.82, 2.24) is 0 Å². The number of rotatable bonds is 8. The summed E-state index contributed by atoms with van der Waals surface area (Å²) in [5.41, 5.74) is 2.31. The summed E-state index contributed by atoms with van der Waals surface area (Å²) in [6.45, 7) is 1.54. The number of esters is 1. The van der Waals surface area contributed by atoms with Crippen molar-refractivity contribution < 1.29 is 19.1 Å². The fourth-order valence-corrected chi connectivity index (χ4v) is 2.80. The topological polar surface area (TPSA) is 84.5 Å². The van der Waals surface area contributed by atoms with Gasteiger partial charge in [0.15, 0.2) is 6.61 Å². The van der Waals surface area contributed by atoms with Gasteiger partial charge in [-0.25, -0.2) is 0 Å². The minimum atomic E-state index is -0.561. The minimum absolute atomic E-state index is 0.0184. The predicted molar refractivity (Wildman–Crippen MR) is 108 cm³/mol. The van der Waals surface area contributed by atoms with Crippen LogP contribution in [-0.4, -0.2) is 35.9 Å². The van der Waals surface area contributed by atoms with E-state index in [0.717, 1.165) is 17.3 Å². The molecule has 0 unspecified atom stereocenters. The Hall–Kier alpha value is -2.51. The van der Waals surface area contributed by atoms with E-state index in [1.807, 2.05) is 25.1 Å². The van der Waals surface area contributed by atoms with E-state index in [1.165, 1.54) is 0 Å². The van der Waals surface area contributed by atoms with Crippen LogP contribution in [0.25, 0.3) is 0 Å². The molecule has 8 heteroatoms. The van der Waals surface area contributed by atoms with Gasteiger partial charge >= 0.3 is 5.97 Å². The summed E-state index contributed by atoms with van der Waals surface area (Å²) < 4.78 is 4.89. The van der Waals surface area contributed by atoms with Crippen LogP contribution in [0.1, 0.15) is 5.56 Å². The minimum Gasteiger partial charge on any atom is -0.455 e. The Bertz CT molecular complexity index is 812. The molecule has 0 aromatic heterocycles. The number of nitrogens with one attached hydrogen (secondary N) is 2. The predicted octanol–water partition coefficient (Wildman–Crippen LogP) is 3.50. The van der Waals surface area contributed by atoms with Crippen molar-refractivity contribution in [2.75, 3.05) is 28.7 Å². The lowest BCUT2D eigenvalue weighted by Gasteiger charge is -2.07. The summed E-state index contributed by atoms with van der Waals surface area (Å²) >= 11 is 6.88. The molecule has 2 rings (SSSR count). The van der Waals surface area contributed by atoms with Gasteiger partial charge in [0.2, 0.25) is 5.91 Å². The van der Waals surface area contributed by atoms with Crippen LogP contribution in [0.4, 0.5) is 11.4 Å². The number of anilines is 2. The second kappa shape index (κ2) is 10.6. The lowest BCUT2D eigenvalue weighted by Crippen LogP contribution is -2.22. The third-order valence-corrected chi connectivity index (χ3v) is 4.41. The zero-order chi connectivity index (χ0) is 19.6. The second-order valence-electron chi connectivity index (χ2n) is 5.63. The fraction of sp³-hybridized carbons (Fsp3) is 0.211. The molecule has 6 nitrogen and oxygen atoms in total. The van der Waals surface area contributed by atoms with Crippen LogP contribution >= 0.6 is 23.4 Å². The lowest BCUT2D eigenvalue weighted by molar-refractivity contribution is -0.144. The number of hydrogen-bond acceptors (Lipinski definition) is 5. The molecule has 0 saturated heterocycles. The molecule has 142 valence electrons. The molecular formula is C19H19ClN2O4S. The maximum Gasteiger partial charge on any atom is 0.316 e. The molecule has 2 amide bonds. The van der Waals surface area contributed by atoms with Crippen LogP contribution in [0.15, 0.2) is 48.5 Å². The third kappa shape index (κ3) is 8.15. The highest BCUT2D eigenvalue weighted by atomic mass is 35.5. The van der Waals surface area contributed by atoms with E-state index >= 15 is 0 Å². The molecule has 0 aliphatic carbocycles. The molecule has 0 aliphatic rings. The first-order chi connectivity index (χ1) is 12.9. The SMILES string of the molecule is Cc1cccc(NC(=O)CSCC(=O)OCC(=O)Nc2ccc(Cl)cc2)c1. The van der Waals surface area contributed by atoms with Crippen molar-refractivity contribution in [1.29, 1.82) is 0 Å². The van der Waals surface area contributed by atoms with E-state index in [-0.39, 0.29) is 17.4 Å². The number of halogens is 1. The first-order valence-electron chi connectivity index (χ1n) is 8.07. The normalized spacial score (nSPS) is 10.1. The fourth-order valence-electron chi connectivity index (χ4n) is 2.06. The molecule has 0 saturated carbocycles. The Balaban J connectivity index is 1.62. The van der Waals surface area contributed by atoms with Crippen molar-refractivity contribution in [2.24, 2.45) is 0 Å². The molecule has 0 spiro atoms. The van der Waals surface area contributed by atoms with Gasteiger partial charge in [0, 0.05) is 16.4 Å². The lowest BCUT2D eigenvalue weighted by atomic mass is 10.2. The Morgan fingerprint density at radius 2 is 1.67 bits per heavy atom. The van der Waals surface area contributed by atoms with Crippen molar-refractivity contribution in [3.05, 3.63) is 59.1 Å². The van der Waals surface area contributed by atoms with Gasteiger partial charge in [-0.1, -0.05) is 23.7 Å². The highest BCUT2D eigenvalue weighted by molar-refractivity contribution is 8.00. The van der Waals surface area contributed by atoms with Gasteiger partial charge in [-0.15, -0.1) is 11.8 Å². The molecule has 2 N–H and O–H groups in total. The van der Waals surface area contributed by atoms with Crippen LogP contribution in [0.3, 0.4) is 0 Å². The maximum absolute atomic E-state index is 11.8. The first-order valence-corrected chi connectivity index (χ1v) is 9.61. The number of thioether (sulfide) groups is 1. The Kier molecular flexibility index (Phi) is 8.16. The van der Waals surface area contributed by atoms with E-state index in [0.29, 0.717) is 16.4 Å². The summed E-state index contributed by atoms with van der Waals surface area (Å²) in [7, 11) is 0. The van der Waals surface area contributed by atoms with E-state index in [2.05, 4.69) is 10.6 Å². The highest BCUT2D eigenvalue weighted by Crippen LogP contribution is 2.13. The summed E-state index contributed by atoms with van der Waals surface area (Å²) in [4.78, 5) is 35.2. The largest absolute Gasteiger partial charge is 0.455 e. The van der Waals surface area contributed by atoms with Crippen LogP contribution in [-0.2, 0) is 19.1 Å². The Morgan fingerprint density at radius 1 is 0.963 bits per heavy atom. The molecule has 0 aliphatic heterocycles.